The van der Waals surface area contributed by atoms with Gasteiger partial charge in [0.2, 0.25) is 11.5 Å². The fourth-order valence-corrected chi connectivity index (χ4v) is 2.72. The summed E-state index contributed by atoms with van der Waals surface area (Å²) in [6.45, 7) is 19.3. The van der Waals surface area contributed by atoms with Gasteiger partial charge >= 0.3 is 0 Å². The number of nitrogens with zero attached hydrogens (tertiary/aromatic N) is 6. The van der Waals surface area contributed by atoms with Crippen LogP contribution >= 0.6 is 0 Å². The van der Waals surface area contributed by atoms with Gasteiger partial charge in [-0.25, -0.2) is 4.85 Å². The largest absolute Gasteiger partial charge is 0.473 e. The third-order valence-electron chi connectivity index (χ3n) is 4.72. The summed E-state index contributed by atoms with van der Waals surface area (Å²) in [5.41, 5.74) is 1.57. The summed E-state index contributed by atoms with van der Waals surface area (Å²) >= 11 is 0. The fourth-order valence-electron chi connectivity index (χ4n) is 2.72. The number of hydrogen-bond donors (Lipinski definition) is 2. The van der Waals surface area contributed by atoms with Crippen molar-refractivity contribution in [1.29, 1.82) is 0 Å². The van der Waals surface area contributed by atoms with Gasteiger partial charge in [-0.2, -0.15) is 14.7 Å². The van der Waals surface area contributed by atoms with Gasteiger partial charge in [0.05, 0.1) is 18.4 Å². The molecule has 3 aromatic heterocycles. The Bertz CT molecular complexity index is 1190. The molecule has 1 atom stereocenters. The Kier molecular flexibility index (Phi) is 5.73. The number of aromatic nitrogens is 5. The maximum absolute atomic E-state index is 12.8. The molecule has 3 rings (SSSR count). The number of hydrogen-bond acceptors (Lipinski definition) is 6. The highest BCUT2D eigenvalue weighted by atomic mass is 16.5. The van der Waals surface area contributed by atoms with Crippen molar-refractivity contribution in [2.45, 2.75) is 65.9 Å². The zero-order valence-corrected chi connectivity index (χ0v) is 18.1. The minimum atomic E-state index is -0.458. The molecular weight excluding hydrogens is 384 g/mol. The van der Waals surface area contributed by atoms with E-state index in [-0.39, 0.29) is 34.6 Å². The highest BCUT2D eigenvalue weighted by Gasteiger charge is 2.23. The molecule has 158 valence electrons. The van der Waals surface area contributed by atoms with Crippen molar-refractivity contribution >= 4 is 22.8 Å². The van der Waals surface area contributed by atoms with E-state index in [4.69, 9.17) is 11.3 Å². The molecule has 0 fully saturated rings. The Balaban J connectivity index is 2.19. The molecule has 0 radical (unpaired) electrons. The summed E-state index contributed by atoms with van der Waals surface area (Å²) in [4.78, 5) is 19.1. The summed E-state index contributed by atoms with van der Waals surface area (Å²) in [7, 11) is 0. The van der Waals surface area contributed by atoms with Crippen LogP contribution in [0.3, 0.4) is 0 Å². The van der Waals surface area contributed by atoms with E-state index >= 15 is 0 Å². The first-order valence-corrected chi connectivity index (χ1v) is 9.89. The molecule has 0 aliphatic carbocycles. The van der Waals surface area contributed by atoms with Gasteiger partial charge in [-0.05, 0) is 19.8 Å². The smallest absolute Gasteiger partial charge is 0.282 e. The molecule has 10 heteroatoms. The van der Waals surface area contributed by atoms with E-state index in [1.807, 2.05) is 47.6 Å². The van der Waals surface area contributed by atoms with E-state index in [1.54, 1.807) is 4.52 Å². The molecular formula is C20H26N8O2. The second-order valence-corrected chi connectivity index (χ2v) is 8.06. The Morgan fingerprint density at radius 1 is 1.33 bits per heavy atom. The van der Waals surface area contributed by atoms with Crippen LogP contribution in [0.5, 0.6) is 5.88 Å². The SMILES string of the molecule is [C-]#[N+]c1c(N=Nc2c(OC(C)CC)n3nc(C(C)(C)C)cc3[nH]c2=O)n[nH]c1CC. The average Bonchev–Trinajstić information content (AvgIpc) is 3.30. The maximum atomic E-state index is 12.8. The second-order valence-electron chi connectivity index (χ2n) is 8.06. The summed E-state index contributed by atoms with van der Waals surface area (Å²) in [5.74, 6) is 0.338. The third-order valence-corrected chi connectivity index (χ3v) is 4.72. The highest BCUT2D eigenvalue weighted by Crippen LogP contribution is 2.33. The van der Waals surface area contributed by atoms with Gasteiger partial charge in [0, 0.05) is 17.2 Å². The maximum Gasteiger partial charge on any atom is 0.282 e. The first kappa shape index (κ1) is 21.2. The Morgan fingerprint density at radius 3 is 2.67 bits per heavy atom. The molecule has 0 amide bonds. The molecule has 0 saturated heterocycles. The Hall–Kier alpha value is -3.48. The molecule has 0 saturated carbocycles. The van der Waals surface area contributed by atoms with Gasteiger partial charge in [0.25, 0.3) is 17.1 Å². The van der Waals surface area contributed by atoms with Gasteiger partial charge in [-0.3, -0.25) is 9.89 Å². The number of aromatic amines is 2. The zero-order valence-electron chi connectivity index (χ0n) is 18.1. The molecule has 30 heavy (non-hydrogen) atoms. The normalized spacial score (nSPS) is 13.1. The van der Waals surface area contributed by atoms with E-state index in [0.29, 0.717) is 17.8 Å². The van der Waals surface area contributed by atoms with Crippen molar-refractivity contribution in [3.8, 4) is 5.88 Å². The molecule has 3 heterocycles. The number of H-pyrrole nitrogens is 2. The van der Waals surface area contributed by atoms with Crippen molar-refractivity contribution in [3.05, 3.63) is 39.2 Å². The predicted octanol–water partition coefficient (Wildman–Crippen LogP) is 4.75. The standard InChI is InChI=1S/C20H26N8O2/c1-8-11(3)30-19-16(24-26-17-15(21-7)12(9-2)23-25-17)18(29)22-14-10-13(20(4,5)6)27-28(14)19/h10-11H,8-9H2,1-6H3,(H,22,29)(H,23,25). The first-order chi connectivity index (χ1) is 14.2. The van der Waals surface area contributed by atoms with Crippen LogP contribution < -0.4 is 10.3 Å². The molecule has 10 nitrogen and oxygen atoms in total. The van der Waals surface area contributed by atoms with Crippen molar-refractivity contribution < 1.29 is 4.74 Å². The van der Waals surface area contributed by atoms with Gasteiger partial charge in [-0.1, -0.05) is 34.6 Å². The number of fused-ring (bicyclic) bond motifs is 1. The zero-order chi connectivity index (χ0) is 22.1. The summed E-state index contributed by atoms with van der Waals surface area (Å²) in [6, 6.07) is 1.82. The van der Waals surface area contributed by atoms with Crippen molar-refractivity contribution in [1.82, 2.24) is 24.8 Å². The number of nitrogens with one attached hydrogen (secondary N) is 2. The number of azo groups is 1. The van der Waals surface area contributed by atoms with Crippen LogP contribution in [0.4, 0.5) is 17.2 Å². The number of aryl methyl sites for hydroxylation is 1. The second kappa shape index (κ2) is 8.10. The van der Waals surface area contributed by atoms with E-state index in [0.717, 1.165) is 12.1 Å². The lowest BCUT2D eigenvalue weighted by Crippen LogP contribution is -2.18. The molecule has 0 aromatic carbocycles. The quantitative estimate of drug-likeness (QED) is 0.450. The van der Waals surface area contributed by atoms with E-state index in [2.05, 4.69) is 35.4 Å². The van der Waals surface area contributed by atoms with Crippen molar-refractivity contribution in [3.63, 3.8) is 0 Å². The van der Waals surface area contributed by atoms with Crippen LogP contribution in [0.1, 0.15) is 59.4 Å². The van der Waals surface area contributed by atoms with Crippen LogP contribution in [0.15, 0.2) is 21.1 Å². The van der Waals surface area contributed by atoms with Crippen molar-refractivity contribution in [2.75, 3.05) is 0 Å². The van der Waals surface area contributed by atoms with Gasteiger partial charge in [0.1, 0.15) is 5.65 Å². The molecule has 1 unspecified atom stereocenters. The summed E-state index contributed by atoms with van der Waals surface area (Å²) < 4.78 is 7.57. The molecule has 2 N–H and O–H groups in total. The topological polar surface area (TPSA) is 117 Å². The Morgan fingerprint density at radius 2 is 2.07 bits per heavy atom. The molecule has 0 spiro atoms. The summed E-state index contributed by atoms with van der Waals surface area (Å²) in [5, 5.41) is 19.6. The Labute approximate surface area is 174 Å². The van der Waals surface area contributed by atoms with Crippen LogP contribution in [0.2, 0.25) is 0 Å². The monoisotopic (exact) mass is 410 g/mol. The van der Waals surface area contributed by atoms with Crippen molar-refractivity contribution in [2.24, 2.45) is 10.2 Å². The van der Waals surface area contributed by atoms with E-state index < -0.39 is 5.56 Å². The van der Waals surface area contributed by atoms with Crippen LogP contribution in [0.25, 0.3) is 10.5 Å². The number of ether oxygens (including phenoxy) is 1. The van der Waals surface area contributed by atoms with Gasteiger partial charge in [-0.15, -0.1) is 10.2 Å². The minimum absolute atomic E-state index is 0.0247. The molecule has 0 bridgehead atoms. The lowest BCUT2D eigenvalue weighted by molar-refractivity contribution is 0.203. The van der Waals surface area contributed by atoms with E-state index in [1.165, 1.54) is 0 Å². The van der Waals surface area contributed by atoms with Crippen LogP contribution in [-0.2, 0) is 11.8 Å². The highest BCUT2D eigenvalue weighted by molar-refractivity contribution is 5.65. The molecule has 0 aliphatic rings. The fraction of sp³-hybridized carbons (Fsp3) is 0.500. The van der Waals surface area contributed by atoms with E-state index in [9.17, 15) is 4.79 Å². The van der Waals surface area contributed by atoms with Gasteiger partial charge in [0.15, 0.2) is 0 Å². The number of rotatable bonds is 6. The lowest BCUT2D eigenvalue weighted by Gasteiger charge is -2.15. The lowest BCUT2D eigenvalue weighted by atomic mass is 9.93. The molecule has 0 aliphatic heterocycles. The first-order valence-electron chi connectivity index (χ1n) is 9.89. The van der Waals surface area contributed by atoms with Crippen LogP contribution in [-0.4, -0.2) is 30.9 Å². The summed E-state index contributed by atoms with van der Waals surface area (Å²) in [6.07, 6.45) is 1.18. The third kappa shape index (κ3) is 3.96. The van der Waals surface area contributed by atoms with Crippen LogP contribution in [0, 0.1) is 6.57 Å². The predicted molar refractivity (Wildman–Crippen MR) is 113 cm³/mol. The average molecular weight is 410 g/mol. The van der Waals surface area contributed by atoms with Gasteiger partial charge < -0.3 is 9.72 Å². The molecule has 3 aromatic rings. The minimum Gasteiger partial charge on any atom is -0.473 e.